The van der Waals surface area contributed by atoms with Gasteiger partial charge in [0.1, 0.15) is 5.69 Å². The molecule has 0 spiro atoms. The second-order valence-electron chi connectivity index (χ2n) is 2.90. The number of hydrogen-bond donors (Lipinski definition) is 1. The number of carbonyl (C=O) groups is 1. The molecule has 2 aromatic heterocycles. The predicted molar refractivity (Wildman–Crippen MR) is 49.7 cm³/mol. The molecule has 5 heteroatoms. The van der Waals surface area contributed by atoms with E-state index in [4.69, 9.17) is 0 Å². The summed E-state index contributed by atoms with van der Waals surface area (Å²) >= 11 is 0. The fourth-order valence-electron chi connectivity index (χ4n) is 1.12. The number of pyridine rings is 1. The Morgan fingerprint density at radius 2 is 2.21 bits per heavy atom. The molecule has 0 saturated carbocycles. The lowest BCUT2D eigenvalue weighted by molar-refractivity contribution is 0.111. The van der Waals surface area contributed by atoms with Crippen molar-refractivity contribution in [2.45, 2.75) is 6.92 Å². The zero-order chi connectivity index (χ0) is 9.97. The van der Waals surface area contributed by atoms with Gasteiger partial charge in [0.2, 0.25) is 0 Å². The summed E-state index contributed by atoms with van der Waals surface area (Å²) in [5.74, 6) is 0. The Morgan fingerprint density at radius 1 is 1.36 bits per heavy atom. The third kappa shape index (κ3) is 1.39. The van der Waals surface area contributed by atoms with E-state index in [1.165, 1.54) is 0 Å². The van der Waals surface area contributed by atoms with Gasteiger partial charge in [-0.2, -0.15) is 15.4 Å². The minimum atomic E-state index is 0.279. The van der Waals surface area contributed by atoms with Crippen LogP contribution in [0.5, 0.6) is 0 Å². The molecule has 0 unspecified atom stereocenters. The fraction of sp³-hybridized carbons (Fsp3) is 0.111. The Morgan fingerprint density at radius 3 is 2.86 bits per heavy atom. The van der Waals surface area contributed by atoms with Crippen molar-refractivity contribution in [3.63, 3.8) is 0 Å². The van der Waals surface area contributed by atoms with Crippen molar-refractivity contribution in [3.05, 3.63) is 29.6 Å². The first-order valence-electron chi connectivity index (χ1n) is 4.10. The number of nitrogens with one attached hydrogen (secondary N) is 1. The van der Waals surface area contributed by atoms with Crippen LogP contribution in [0.4, 0.5) is 0 Å². The molecule has 0 aliphatic heterocycles. The van der Waals surface area contributed by atoms with Gasteiger partial charge in [0.15, 0.2) is 12.0 Å². The molecule has 1 N–H and O–H groups in total. The highest BCUT2D eigenvalue weighted by Crippen LogP contribution is 2.15. The van der Waals surface area contributed by atoms with Crippen LogP contribution in [-0.2, 0) is 0 Å². The van der Waals surface area contributed by atoms with Crippen LogP contribution in [0.15, 0.2) is 18.3 Å². The van der Waals surface area contributed by atoms with Gasteiger partial charge in [0.05, 0.1) is 5.69 Å². The molecule has 0 atom stereocenters. The second kappa shape index (κ2) is 3.37. The highest BCUT2D eigenvalue weighted by Gasteiger charge is 2.09. The molecule has 14 heavy (non-hydrogen) atoms. The second-order valence-corrected chi connectivity index (χ2v) is 2.90. The fourth-order valence-corrected chi connectivity index (χ4v) is 1.12. The SMILES string of the molecule is Cc1ccc(-c2n[nH]nc2C=O)nc1. The number of aromatic amines is 1. The van der Waals surface area contributed by atoms with E-state index in [0.717, 1.165) is 5.56 Å². The summed E-state index contributed by atoms with van der Waals surface area (Å²) in [6, 6.07) is 3.71. The highest BCUT2D eigenvalue weighted by atomic mass is 16.1. The maximum Gasteiger partial charge on any atom is 0.172 e. The molecule has 2 heterocycles. The minimum Gasteiger partial charge on any atom is -0.296 e. The maximum absolute atomic E-state index is 10.6. The number of hydrogen-bond acceptors (Lipinski definition) is 4. The highest BCUT2D eigenvalue weighted by molar-refractivity contribution is 5.81. The van der Waals surface area contributed by atoms with Crippen LogP contribution in [0.25, 0.3) is 11.4 Å². The lowest BCUT2D eigenvalue weighted by atomic mass is 10.2. The molecule has 0 aliphatic carbocycles. The van der Waals surface area contributed by atoms with E-state index < -0.39 is 0 Å². The third-order valence-electron chi connectivity index (χ3n) is 1.84. The topological polar surface area (TPSA) is 71.5 Å². The van der Waals surface area contributed by atoms with Crippen molar-refractivity contribution in [1.29, 1.82) is 0 Å². The zero-order valence-corrected chi connectivity index (χ0v) is 7.56. The molecule has 0 radical (unpaired) electrons. The molecule has 0 bridgehead atoms. The Hall–Kier alpha value is -2.04. The monoisotopic (exact) mass is 188 g/mol. The Kier molecular flexibility index (Phi) is 2.06. The first kappa shape index (κ1) is 8.55. The van der Waals surface area contributed by atoms with Gasteiger partial charge in [-0.1, -0.05) is 6.07 Å². The molecular formula is C9H8N4O. The summed E-state index contributed by atoms with van der Waals surface area (Å²) in [5, 5.41) is 9.94. The van der Waals surface area contributed by atoms with Crippen LogP contribution in [-0.4, -0.2) is 26.7 Å². The van der Waals surface area contributed by atoms with Gasteiger partial charge in [-0.15, -0.1) is 0 Å². The van der Waals surface area contributed by atoms with Crippen LogP contribution in [0.3, 0.4) is 0 Å². The number of aromatic nitrogens is 4. The summed E-state index contributed by atoms with van der Waals surface area (Å²) < 4.78 is 0. The van der Waals surface area contributed by atoms with Crippen LogP contribution in [0.2, 0.25) is 0 Å². The molecule has 0 saturated heterocycles. The molecule has 0 amide bonds. The summed E-state index contributed by atoms with van der Waals surface area (Å²) in [6.07, 6.45) is 2.37. The molecule has 2 aromatic rings. The lowest BCUT2D eigenvalue weighted by Crippen LogP contribution is -1.89. The first-order valence-corrected chi connectivity index (χ1v) is 4.10. The average molecular weight is 188 g/mol. The van der Waals surface area contributed by atoms with E-state index in [0.29, 0.717) is 17.7 Å². The lowest BCUT2D eigenvalue weighted by Gasteiger charge is -1.95. The van der Waals surface area contributed by atoms with Crippen LogP contribution >= 0.6 is 0 Å². The summed E-state index contributed by atoms with van der Waals surface area (Å²) in [6.45, 7) is 1.94. The third-order valence-corrected chi connectivity index (χ3v) is 1.84. The van der Waals surface area contributed by atoms with Crippen molar-refractivity contribution in [1.82, 2.24) is 20.4 Å². The van der Waals surface area contributed by atoms with E-state index >= 15 is 0 Å². The summed E-state index contributed by atoms with van der Waals surface area (Å²) in [5.41, 5.74) is 2.47. The van der Waals surface area contributed by atoms with Crippen molar-refractivity contribution >= 4 is 6.29 Å². The average Bonchev–Trinajstić information content (AvgIpc) is 2.67. The Labute approximate surface area is 80.2 Å². The van der Waals surface area contributed by atoms with Crippen LogP contribution in [0.1, 0.15) is 16.1 Å². The largest absolute Gasteiger partial charge is 0.296 e. The first-order chi connectivity index (χ1) is 6.81. The van der Waals surface area contributed by atoms with Gasteiger partial charge in [-0.3, -0.25) is 9.78 Å². The van der Waals surface area contributed by atoms with Gasteiger partial charge in [0.25, 0.3) is 0 Å². The van der Waals surface area contributed by atoms with Crippen LogP contribution in [0, 0.1) is 6.92 Å². The predicted octanol–water partition coefficient (Wildman–Crippen LogP) is 0.988. The van der Waals surface area contributed by atoms with Crippen molar-refractivity contribution in [2.75, 3.05) is 0 Å². The number of aldehydes is 1. The van der Waals surface area contributed by atoms with Gasteiger partial charge < -0.3 is 0 Å². The molecule has 0 aromatic carbocycles. The number of carbonyl (C=O) groups excluding carboxylic acids is 1. The molecule has 0 aliphatic rings. The number of aryl methyl sites for hydroxylation is 1. The summed E-state index contributed by atoms with van der Waals surface area (Å²) in [7, 11) is 0. The standard InChI is InChI=1S/C9H8N4O/c1-6-2-3-7(10-4-6)9-8(5-14)11-13-12-9/h2-5H,1H3,(H,11,12,13). The summed E-state index contributed by atoms with van der Waals surface area (Å²) in [4.78, 5) is 14.7. The molecule has 2 rings (SSSR count). The minimum absolute atomic E-state index is 0.279. The van der Waals surface area contributed by atoms with E-state index in [1.807, 2.05) is 13.0 Å². The molecular weight excluding hydrogens is 180 g/mol. The Balaban J connectivity index is 2.49. The number of rotatable bonds is 2. The molecule has 70 valence electrons. The normalized spacial score (nSPS) is 10.1. The zero-order valence-electron chi connectivity index (χ0n) is 7.56. The van der Waals surface area contributed by atoms with E-state index in [9.17, 15) is 4.79 Å². The van der Waals surface area contributed by atoms with Crippen molar-refractivity contribution < 1.29 is 4.79 Å². The van der Waals surface area contributed by atoms with Crippen LogP contribution < -0.4 is 0 Å². The quantitative estimate of drug-likeness (QED) is 0.713. The maximum atomic E-state index is 10.6. The molecule has 5 nitrogen and oxygen atoms in total. The van der Waals surface area contributed by atoms with Crippen molar-refractivity contribution in [2.24, 2.45) is 0 Å². The van der Waals surface area contributed by atoms with E-state index in [1.54, 1.807) is 12.3 Å². The van der Waals surface area contributed by atoms with E-state index in [-0.39, 0.29) is 5.69 Å². The van der Waals surface area contributed by atoms with Gasteiger partial charge in [-0.05, 0) is 18.6 Å². The van der Waals surface area contributed by atoms with E-state index in [2.05, 4.69) is 20.4 Å². The number of H-pyrrole nitrogens is 1. The smallest absolute Gasteiger partial charge is 0.172 e. The van der Waals surface area contributed by atoms with Gasteiger partial charge in [-0.25, -0.2) is 0 Å². The van der Waals surface area contributed by atoms with Gasteiger partial charge >= 0.3 is 0 Å². The number of nitrogens with zero attached hydrogens (tertiary/aromatic N) is 3. The Bertz CT molecular complexity index is 446. The van der Waals surface area contributed by atoms with Gasteiger partial charge in [0, 0.05) is 6.20 Å². The molecule has 0 fully saturated rings. The van der Waals surface area contributed by atoms with Crippen molar-refractivity contribution in [3.8, 4) is 11.4 Å².